The van der Waals surface area contributed by atoms with Crippen LogP contribution >= 0.6 is 15.9 Å². The van der Waals surface area contributed by atoms with Gasteiger partial charge in [-0.1, -0.05) is 26.7 Å². The average molecular weight is 302 g/mol. The van der Waals surface area contributed by atoms with Crippen molar-refractivity contribution in [1.82, 2.24) is 0 Å². The normalized spacial score (nSPS) is 10.6. The minimum Gasteiger partial charge on any atom is -0.371 e. The van der Waals surface area contributed by atoms with Gasteiger partial charge in [-0.15, -0.1) is 0 Å². The lowest BCUT2D eigenvalue weighted by atomic mass is 10.2. The van der Waals surface area contributed by atoms with Crippen molar-refractivity contribution in [2.45, 2.75) is 39.5 Å². The summed E-state index contributed by atoms with van der Waals surface area (Å²) in [6.45, 7) is 6.38. The van der Waals surface area contributed by atoms with Crippen LogP contribution in [0.15, 0.2) is 22.7 Å². The van der Waals surface area contributed by atoms with Crippen LogP contribution in [0.4, 0.5) is 10.1 Å². The van der Waals surface area contributed by atoms with E-state index in [2.05, 4.69) is 34.7 Å². The highest BCUT2D eigenvalue weighted by molar-refractivity contribution is 9.10. The average Bonchev–Trinajstić information content (AvgIpc) is 2.33. The van der Waals surface area contributed by atoms with Gasteiger partial charge in [0.05, 0.1) is 4.47 Å². The maximum atomic E-state index is 13.5. The Morgan fingerprint density at radius 2 is 1.71 bits per heavy atom. The van der Waals surface area contributed by atoms with Crippen LogP contribution in [0.1, 0.15) is 39.5 Å². The van der Waals surface area contributed by atoms with Gasteiger partial charge in [-0.05, 0) is 47.0 Å². The Morgan fingerprint density at radius 3 is 2.18 bits per heavy atom. The fraction of sp³-hybridized carbons (Fsp3) is 0.571. The summed E-state index contributed by atoms with van der Waals surface area (Å²) in [6.07, 6.45) is 4.64. The molecule has 0 radical (unpaired) electrons. The summed E-state index contributed by atoms with van der Waals surface area (Å²) in [7, 11) is 0. The lowest BCUT2D eigenvalue weighted by Gasteiger charge is -2.24. The van der Waals surface area contributed by atoms with E-state index in [1.165, 1.54) is 12.8 Å². The maximum Gasteiger partial charge on any atom is 0.139 e. The van der Waals surface area contributed by atoms with E-state index in [0.717, 1.165) is 31.6 Å². The van der Waals surface area contributed by atoms with Gasteiger partial charge >= 0.3 is 0 Å². The molecule has 0 unspecified atom stereocenters. The molecule has 0 N–H and O–H groups in total. The number of halogens is 2. The number of nitrogens with zero attached hydrogens (tertiary/aromatic N) is 1. The molecule has 0 saturated heterocycles. The fourth-order valence-electron chi connectivity index (χ4n) is 1.75. The second-order valence-corrected chi connectivity index (χ2v) is 5.15. The topological polar surface area (TPSA) is 3.24 Å². The monoisotopic (exact) mass is 301 g/mol. The minimum absolute atomic E-state index is 0.180. The van der Waals surface area contributed by atoms with E-state index in [4.69, 9.17) is 0 Å². The highest BCUT2D eigenvalue weighted by Gasteiger charge is 2.08. The predicted molar refractivity (Wildman–Crippen MR) is 76.1 cm³/mol. The van der Waals surface area contributed by atoms with E-state index in [1.54, 1.807) is 12.1 Å². The van der Waals surface area contributed by atoms with E-state index in [-0.39, 0.29) is 5.82 Å². The third-order valence-electron chi connectivity index (χ3n) is 2.83. The van der Waals surface area contributed by atoms with Crippen LogP contribution in [0.2, 0.25) is 0 Å². The first-order valence-corrected chi connectivity index (χ1v) is 7.18. The van der Waals surface area contributed by atoms with E-state index in [0.29, 0.717) is 4.47 Å². The Kier molecular flexibility index (Phi) is 6.56. The standard InChI is InChI=1S/C14H21BrFN/c1-3-5-9-17(10-6-4-2)12-7-8-13(15)14(16)11-12/h7-8,11H,3-6,9-10H2,1-2H3. The fourth-order valence-corrected chi connectivity index (χ4v) is 2.00. The molecule has 0 amide bonds. The first-order valence-electron chi connectivity index (χ1n) is 6.39. The van der Waals surface area contributed by atoms with Crippen LogP contribution in [0.25, 0.3) is 0 Å². The summed E-state index contributed by atoms with van der Waals surface area (Å²) in [6, 6.07) is 5.39. The smallest absolute Gasteiger partial charge is 0.139 e. The summed E-state index contributed by atoms with van der Waals surface area (Å²) >= 11 is 3.19. The van der Waals surface area contributed by atoms with Crippen LogP contribution in [0.5, 0.6) is 0 Å². The van der Waals surface area contributed by atoms with Crippen LogP contribution < -0.4 is 4.90 Å². The highest BCUT2D eigenvalue weighted by Crippen LogP contribution is 2.23. The number of anilines is 1. The van der Waals surface area contributed by atoms with Crippen LogP contribution in [-0.2, 0) is 0 Å². The van der Waals surface area contributed by atoms with Crippen molar-refractivity contribution in [3.05, 3.63) is 28.5 Å². The summed E-state index contributed by atoms with van der Waals surface area (Å²) in [5.74, 6) is -0.180. The quantitative estimate of drug-likeness (QED) is 0.685. The van der Waals surface area contributed by atoms with Crippen molar-refractivity contribution in [3.63, 3.8) is 0 Å². The summed E-state index contributed by atoms with van der Waals surface area (Å²) < 4.78 is 14.0. The van der Waals surface area contributed by atoms with Gasteiger partial charge < -0.3 is 4.90 Å². The summed E-state index contributed by atoms with van der Waals surface area (Å²) in [5, 5.41) is 0. The Morgan fingerprint density at radius 1 is 1.12 bits per heavy atom. The Bertz CT molecular complexity index is 333. The SMILES string of the molecule is CCCCN(CCCC)c1ccc(Br)c(F)c1. The zero-order chi connectivity index (χ0) is 12.7. The largest absolute Gasteiger partial charge is 0.371 e. The number of benzene rings is 1. The number of rotatable bonds is 7. The van der Waals surface area contributed by atoms with Crippen molar-refractivity contribution in [2.24, 2.45) is 0 Å². The molecule has 0 aromatic heterocycles. The Hall–Kier alpha value is -0.570. The Balaban J connectivity index is 2.75. The summed E-state index contributed by atoms with van der Waals surface area (Å²) in [4.78, 5) is 2.28. The van der Waals surface area contributed by atoms with E-state index in [1.807, 2.05) is 6.07 Å². The Labute approximate surface area is 112 Å². The lowest BCUT2D eigenvalue weighted by molar-refractivity contribution is 0.617. The van der Waals surface area contributed by atoms with Gasteiger partial charge in [0.1, 0.15) is 5.82 Å². The second-order valence-electron chi connectivity index (χ2n) is 4.29. The molecule has 0 spiro atoms. The highest BCUT2D eigenvalue weighted by atomic mass is 79.9. The summed E-state index contributed by atoms with van der Waals surface area (Å²) in [5.41, 5.74) is 0.993. The molecule has 96 valence electrons. The predicted octanol–water partition coefficient (Wildman–Crippen LogP) is 4.99. The van der Waals surface area contributed by atoms with Crippen LogP contribution in [0.3, 0.4) is 0 Å². The first-order chi connectivity index (χ1) is 8.19. The van der Waals surface area contributed by atoms with Crippen molar-refractivity contribution >= 4 is 21.6 Å². The van der Waals surface area contributed by atoms with Crippen molar-refractivity contribution in [1.29, 1.82) is 0 Å². The van der Waals surface area contributed by atoms with Gasteiger partial charge in [0.15, 0.2) is 0 Å². The number of hydrogen-bond donors (Lipinski definition) is 0. The van der Waals surface area contributed by atoms with Crippen LogP contribution in [0, 0.1) is 5.82 Å². The van der Waals surface area contributed by atoms with Gasteiger partial charge in [-0.25, -0.2) is 4.39 Å². The molecule has 1 aromatic rings. The molecule has 0 aliphatic rings. The molecular formula is C14H21BrFN. The third kappa shape index (κ3) is 4.66. The van der Waals surface area contributed by atoms with Gasteiger partial charge in [0.25, 0.3) is 0 Å². The molecule has 0 aliphatic heterocycles. The van der Waals surface area contributed by atoms with Crippen molar-refractivity contribution < 1.29 is 4.39 Å². The maximum absolute atomic E-state index is 13.5. The molecule has 3 heteroatoms. The molecule has 1 rings (SSSR count). The molecule has 0 fully saturated rings. The van der Waals surface area contributed by atoms with Crippen molar-refractivity contribution in [3.8, 4) is 0 Å². The zero-order valence-electron chi connectivity index (χ0n) is 10.7. The van der Waals surface area contributed by atoms with Gasteiger partial charge in [-0.2, -0.15) is 0 Å². The van der Waals surface area contributed by atoms with Gasteiger partial charge in [0.2, 0.25) is 0 Å². The third-order valence-corrected chi connectivity index (χ3v) is 3.47. The lowest BCUT2D eigenvalue weighted by Crippen LogP contribution is -2.25. The minimum atomic E-state index is -0.180. The number of unbranched alkanes of at least 4 members (excludes halogenated alkanes) is 2. The molecule has 0 bridgehead atoms. The van der Waals surface area contributed by atoms with Crippen LogP contribution in [-0.4, -0.2) is 13.1 Å². The van der Waals surface area contributed by atoms with E-state index >= 15 is 0 Å². The zero-order valence-corrected chi connectivity index (χ0v) is 12.3. The molecule has 0 aliphatic carbocycles. The molecule has 0 heterocycles. The second kappa shape index (κ2) is 7.70. The molecule has 0 saturated carbocycles. The van der Waals surface area contributed by atoms with Gasteiger partial charge in [0, 0.05) is 18.8 Å². The number of hydrogen-bond acceptors (Lipinski definition) is 1. The van der Waals surface area contributed by atoms with E-state index in [9.17, 15) is 4.39 Å². The molecule has 1 aromatic carbocycles. The van der Waals surface area contributed by atoms with Gasteiger partial charge in [-0.3, -0.25) is 0 Å². The van der Waals surface area contributed by atoms with E-state index < -0.39 is 0 Å². The molecule has 0 atom stereocenters. The molecule has 17 heavy (non-hydrogen) atoms. The first kappa shape index (κ1) is 14.5. The molecule has 1 nitrogen and oxygen atoms in total. The van der Waals surface area contributed by atoms with Crippen molar-refractivity contribution in [2.75, 3.05) is 18.0 Å². The molecular weight excluding hydrogens is 281 g/mol.